The number of nitrogens with one attached hydrogen (secondary N) is 1. The van der Waals surface area contributed by atoms with Crippen LogP contribution in [-0.4, -0.2) is 48.8 Å². The highest BCUT2D eigenvalue weighted by atomic mass is 16.5. The molecule has 0 unspecified atom stereocenters. The Morgan fingerprint density at radius 2 is 1.97 bits per heavy atom. The van der Waals surface area contributed by atoms with E-state index < -0.39 is 5.41 Å². The molecule has 1 atom stereocenters. The van der Waals surface area contributed by atoms with Crippen LogP contribution in [0.15, 0.2) is 54.7 Å². The van der Waals surface area contributed by atoms with Crippen molar-refractivity contribution in [3.05, 3.63) is 88.4 Å². The number of aromatic nitrogens is 2. The van der Waals surface area contributed by atoms with E-state index in [-0.39, 0.29) is 5.91 Å². The lowest BCUT2D eigenvalue weighted by atomic mass is 9.70. The molecule has 1 saturated carbocycles. The fraction of sp³-hybridized carbons (Fsp3) is 0.419. The summed E-state index contributed by atoms with van der Waals surface area (Å²) in [5.41, 5.74) is 4.88. The molecule has 0 spiro atoms. The average molecular weight is 524 g/mol. The average Bonchev–Trinajstić information content (AvgIpc) is 2.96. The van der Waals surface area contributed by atoms with E-state index in [1.807, 2.05) is 25.3 Å². The van der Waals surface area contributed by atoms with Gasteiger partial charge in [-0.05, 0) is 78.8 Å². The third kappa shape index (κ3) is 5.25. The number of rotatable bonds is 6. The Kier molecular flexibility index (Phi) is 7.03. The Hall–Kier alpha value is -3.80. The molecule has 8 heteroatoms. The second kappa shape index (κ2) is 10.8. The molecule has 0 radical (unpaired) electrons. The molecule has 39 heavy (non-hydrogen) atoms. The molecule has 1 saturated heterocycles. The van der Waals surface area contributed by atoms with Crippen molar-refractivity contribution in [2.75, 3.05) is 37.8 Å². The predicted octanol–water partition coefficient (Wildman–Crippen LogP) is 4.22. The second-order valence-electron chi connectivity index (χ2n) is 11.0. The van der Waals surface area contributed by atoms with Crippen molar-refractivity contribution in [3.8, 4) is 6.07 Å². The lowest BCUT2D eigenvalue weighted by Crippen LogP contribution is -2.37. The van der Waals surface area contributed by atoms with E-state index in [1.165, 1.54) is 11.3 Å². The number of amides is 1. The number of fused-ring (bicyclic) bond motifs is 1. The Morgan fingerprint density at radius 1 is 1.13 bits per heavy atom. The van der Waals surface area contributed by atoms with Gasteiger partial charge in [-0.15, -0.1) is 0 Å². The van der Waals surface area contributed by atoms with E-state index in [1.54, 1.807) is 6.07 Å². The number of ether oxygens (including phenoxy) is 2. The molecule has 1 aromatic carbocycles. The second-order valence-corrected chi connectivity index (χ2v) is 11.0. The largest absolute Gasteiger partial charge is 0.378 e. The molecular formula is C31H33N5O3. The topological polar surface area (TPSA) is 100 Å². The maximum Gasteiger partial charge on any atom is 0.251 e. The molecule has 6 rings (SSSR count). The third-order valence-electron chi connectivity index (χ3n) is 8.25. The summed E-state index contributed by atoms with van der Waals surface area (Å²) in [6.45, 7) is 6.28. The normalized spacial score (nSPS) is 24.3. The lowest BCUT2D eigenvalue weighted by Gasteiger charge is -2.36. The van der Waals surface area contributed by atoms with Gasteiger partial charge in [0.2, 0.25) is 0 Å². The standard InChI is InChI=1S/C31H33N5O3/c1-31(19-32)20-39-18-23-6-5-22(16-27(23)31)30(37)34-17-26-15-21(7-8-33-26)24-13-25(14-24)28-3-2-4-29(35-28)36-9-11-38-12-10-36/h2-8,15-16,24-25H,9-14,17-18,20H2,1H3,(H,34,37)/t24-,25+,31-/m1/s1. The molecule has 1 N–H and O–H groups in total. The van der Waals surface area contributed by atoms with Gasteiger partial charge in [-0.3, -0.25) is 9.78 Å². The highest BCUT2D eigenvalue weighted by molar-refractivity contribution is 5.94. The highest BCUT2D eigenvalue weighted by Crippen LogP contribution is 2.47. The zero-order valence-corrected chi connectivity index (χ0v) is 22.2. The quantitative estimate of drug-likeness (QED) is 0.516. The van der Waals surface area contributed by atoms with Crippen LogP contribution in [0.5, 0.6) is 0 Å². The smallest absolute Gasteiger partial charge is 0.251 e. The van der Waals surface area contributed by atoms with Crippen LogP contribution >= 0.6 is 0 Å². The van der Waals surface area contributed by atoms with Crippen LogP contribution in [0.3, 0.4) is 0 Å². The minimum Gasteiger partial charge on any atom is -0.378 e. The number of hydrogen-bond donors (Lipinski definition) is 1. The number of nitrogens with zero attached hydrogens (tertiary/aromatic N) is 4. The number of pyridine rings is 2. The zero-order valence-electron chi connectivity index (χ0n) is 22.2. The van der Waals surface area contributed by atoms with E-state index in [4.69, 9.17) is 14.5 Å². The van der Waals surface area contributed by atoms with Crippen molar-refractivity contribution in [1.29, 1.82) is 5.26 Å². The third-order valence-corrected chi connectivity index (χ3v) is 8.25. The molecule has 8 nitrogen and oxygen atoms in total. The predicted molar refractivity (Wildman–Crippen MR) is 146 cm³/mol. The molecule has 2 aromatic heterocycles. The molecule has 0 bridgehead atoms. The molecule has 1 aliphatic carbocycles. The van der Waals surface area contributed by atoms with E-state index in [2.05, 4.69) is 51.6 Å². The first kappa shape index (κ1) is 25.5. The number of nitriles is 1. The first-order chi connectivity index (χ1) is 19.0. The highest BCUT2D eigenvalue weighted by Gasteiger charge is 2.34. The summed E-state index contributed by atoms with van der Waals surface area (Å²) in [5.74, 6) is 1.80. The maximum absolute atomic E-state index is 13.0. The van der Waals surface area contributed by atoms with Gasteiger partial charge in [0.25, 0.3) is 5.91 Å². The molecule has 4 heterocycles. The van der Waals surface area contributed by atoms with Crippen molar-refractivity contribution >= 4 is 11.7 Å². The Balaban J connectivity index is 1.07. The van der Waals surface area contributed by atoms with Crippen LogP contribution in [0, 0.1) is 11.3 Å². The lowest BCUT2D eigenvalue weighted by molar-refractivity contribution is 0.0757. The van der Waals surface area contributed by atoms with Crippen molar-refractivity contribution < 1.29 is 14.3 Å². The molecule has 1 amide bonds. The Bertz CT molecular complexity index is 1410. The van der Waals surface area contributed by atoms with Gasteiger partial charge in [0.05, 0.1) is 44.7 Å². The van der Waals surface area contributed by atoms with Crippen LogP contribution in [0.1, 0.15) is 70.0 Å². The number of benzene rings is 1. The minimum absolute atomic E-state index is 0.174. The van der Waals surface area contributed by atoms with Crippen molar-refractivity contribution in [2.24, 2.45) is 0 Å². The Morgan fingerprint density at radius 3 is 2.79 bits per heavy atom. The fourth-order valence-corrected chi connectivity index (χ4v) is 5.78. The number of morpholine rings is 1. The molecule has 2 aliphatic heterocycles. The van der Waals surface area contributed by atoms with E-state index in [9.17, 15) is 10.1 Å². The van der Waals surface area contributed by atoms with Crippen LogP contribution < -0.4 is 10.2 Å². The summed E-state index contributed by atoms with van der Waals surface area (Å²) in [6, 6.07) is 18.4. The maximum atomic E-state index is 13.0. The van der Waals surface area contributed by atoms with Crippen molar-refractivity contribution in [2.45, 2.75) is 50.2 Å². The van der Waals surface area contributed by atoms with Crippen molar-refractivity contribution in [3.63, 3.8) is 0 Å². The van der Waals surface area contributed by atoms with Gasteiger partial charge in [0.15, 0.2) is 0 Å². The van der Waals surface area contributed by atoms with Gasteiger partial charge >= 0.3 is 0 Å². The molecule has 2 fully saturated rings. The van der Waals surface area contributed by atoms with Crippen LogP contribution in [0.4, 0.5) is 5.82 Å². The molecular weight excluding hydrogens is 490 g/mol. The zero-order chi connectivity index (χ0) is 26.8. The number of carbonyl (C=O) groups excluding carboxylic acids is 1. The van der Waals surface area contributed by atoms with Crippen molar-refractivity contribution in [1.82, 2.24) is 15.3 Å². The number of hydrogen-bond acceptors (Lipinski definition) is 7. The SMILES string of the molecule is C[C@@]1(C#N)COCc2ccc(C(=O)NCc3cc([C@H]4C[C@@H](c5cccc(N6CCOCC6)n5)C4)ccn3)cc21. The van der Waals surface area contributed by atoms with E-state index in [0.717, 1.165) is 61.8 Å². The number of anilines is 1. The number of carbonyl (C=O) groups is 1. The van der Waals surface area contributed by atoms with Gasteiger partial charge < -0.3 is 19.7 Å². The first-order valence-electron chi connectivity index (χ1n) is 13.7. The minimum atomic E-state index is -0.750. The van der Waals surface area contributed by atoms with Gasteiger partial charge in [-0.1, -0.05) is 12.1 Å². The van der Waals surface area contributed by atoms with Crippen LogP contribution in [-0.2, 0) is 28.0 Å². The van der Waals surface area contributed by atoms with E-state index >= 15 is 0 Å². The van der Waals surface area contributed by atoms with Crippen LogP contribution in [0.25, 0.3) is 0 Å². The first-order valence-corrected chi connectivity index (χ1v) is 13.7. The summed E-state index contributed by atoms with van der Waals surface area (Å²) in [6.07, 6.45) is 3.95. The fourth-order valence-electron chi connectivity index (χ4n) is 5.78. The van der Waals surface area contributed by atoms with Gasteiger partial charge in [-0.25, -0.2) is 4.98 Å². The van der Waals surface area contributed by atoms with Gasteiger partial charge in [-0.2, -0.15) is 5.26 Å². The summed E-state index contributed by atoms with van der Waals surface area (Å²) in [5, 5.41) is 12.7. The molecule has 200 valence electrons. The van der Waals surface area contributed by atoms with Gasteiger partial charge in [0, 0.05) is 36.5 Å². The summed E-state index contributed by atoms with van der Waals surface area (Å²) in [4.78, 5) is 24.7. The Labute approximate surface area is 229 Å². The van der Waals surface area contributed by atoms with Gasteiger partial charge in [0.1, 0.15) is 11.2 Å². The summed E-state index contributed by atoms with van der Waals surface area (Å²) >= 11 is 0. The monoisotopic (exact) mass is 523 g/mol. The van der Waals surface area contributed by atoms with Crippen LogP contribution in [0.2, 0.25) is 0 Å². The molecule has 3 aromatic rings. The summed E-state index contributed by atoms with van der Waals surface area (Å²) < 4.78 is 11.0. The molecule has 3 aliphatic rings. The summed E-state index contributed by atoms with van der Waals surface area (Å²) in [7, 11) is 0. The van der Waals surface area contributed by atoms with E-state index in [0.29, 0.717) is 37.2 Å².